The predicted molar refractivity (Wildman–Crippen MR) is 79.2 cm³/mol. The molecule has 1 aliphatic heterocycles. The summed E-state index contributed by atoms with van der Waals surface area (Å²) in [7, 11) is 0. The fraction of sp³-hybridized carbons (Fsp3) is 0.562. The van der Waals surface area contributed by atoms with Crippen LogP contribution in [0.15, 0.2) is 24.3 Å². The van der Waals surface area contributed by atoms with Gasteiger partial charge < -0.3 is 10.0 Å². The SMILES string of the molecule is CCN(Cc1cccc(F)c1)CC(O)CN1CCCC1=O. The maximum Gasteiger partial charge on any atom is 0.222 e. The van der Waals surface area contributed by atoms with E-state index in [1.807, 2.05) is 13.0 Å². The van der Waals surface area contributed by atoms with E-state index in [2.05, 4.69) is 4.90 Å². The molecule has 1 aromatic rings. The zero-order valence-electron chi connectivity index (χ0n) is 12.5. The fourth-order valence-corrected chi connectivity index (χ4v) is 2.71. The quantitative estimate of drug-likeness (QED) is 0.831. The molecule has 1 heterocycles. The van der Waals surface area contributed by atoms with Crippen LogP contribution in [0.25, 0.3) is 0 Å². The number of likely N-dealkylation sites (N-methyl/N-ethyl adjacent to an activating group) is 1. The van der Waals surface area contributed by atoms with E-state index < -0.39 is 6.10 Å². The molecule has 1 aliphatic rings. The van der Waals surface area contributed by atoms with Crippen molar-refractivity contribution in [1.29, 1.82) is 0 Å². The Morgan fingerprint density at radius 3 is 2.90 bits per heavy atom. The highest BCUT2D eigenvalue weighted by atomic mass is 19.1. The molecule has 2 rings (SSSR count). The Balaban J connectivity index is 1.85. The first kappa shape index (κ1) is 15.9. The topological polar surface area (TPSA) is 43.8 Å². The number of aliphatic hydroxyl groups is 1. The molecule has 1 unspecified atom stereocenters. The van der Waals surface area contributed by atoms with Crippen molar-refractivity contribution in [1.82, 2.24) is 9.80 Å². The van der Waals surface area contributed by atoms with E-state index in [0.717, 1.165) is 25.1 Å². The summed E-state index contributed by atoms with van der Waals surface area (Å²) < 4.78 is 13.2. The highest BCUT2D eigenvalue weighted by Crippen LogP contribution is 2.12. The van der Waals surface area contributed by atoms with E-state index in [1.54, 1.807) is 11.0 Å². The summed E-state index contributed by atoms with van der Waals surface area (Å²) in [5, 5.41) is 10.2. The number of aliphatic hydroxyl groups excluding tert-OH is 1. The average molecular weight is 294 g/mol. The first-order valence-electron chi connectivity index (χ1n) is 7.51. The van der Waals surface area contributed by atoms with E-state index in [0.29, 0.717) is 26.1 Å². The van der Waals surface area contributed by atoms with E-state index in [1.165, 1.54) is 12.1 Å². The smallest absolute Gasteiger partial charge is 0.222 e. The van der Waals surface area contributed by atoms with Crippen LogP contribution in [0.4, 0.5) is 4.39 Å². The zero-order valence-corrected chi connectivity index (χ0v) is 12.5. The second-order valence-corrected chi connectivity index (χ2v) is 5.55. The molecule has 116 valence electrons. The normalized spacial score (nSPS) is 16.8. The van der Waals surface area contributed by atoms with Gasteiger partial charge in [0, 0.05) is 32.6 Å². The summed E-state index contributed by atoms with van der Waals surface area (Å²) >= 11 is 0. The first-order valence-corrected chi connectivity index (χ1v) is 7.51. The number of benzene rings is 1. The first-order chi connectivity index (χ1) is 10.1. The van der Waals surface area contributed by atoms with Crippen molar-refractivity contribution in [3.63, 3.8) is 0 Å². The number of rotatable bonds is 7. The molecular formula is C16H23FN2O2. The van der Waals surface area contributed by atoms with Crippen LogP contribution in [0.3, 0.4) is 0 Å². The molecule has 0 spiro atoms. The maximum absolute atomic E-state index is 13.2. The minimum Gasteiger partial charge on any atom is -0.390 e. The number of amides is 1. The molecule has 1 aromatic carbocycles. The highest BCUT2D eigenvalue weighted by Gasteiger charge is 2.23. The monoisotopic (exact) mass is 294 g/mol. The lowest BCUT2D eigenvalue weighted by Crippen LogP contribution is -2.40. The van der Waals surface area contributed by atoms with E-state index in [9.17, 15) is 14.3 Å². The molecule has 5 heteroatoms. The summed E-state index contributed by atoms with van der Waals surface area (Å²) in [4.78, 5) is 15.3. The van der Waals surface area contributed by atoms with Crippen molar-refractivity contribution in [2.45, 2.75) is 32.4 Å². The molecule has 1 N–H and O–H groups in total. The molecule has 1 atom stereocenters. The molecular weight excluding hydrogens is 271 g/mol. The van der Waals surface area contributed by atoms with Gasteiger partial charge in [0.25, 0.3) is 0 Å². The van der Waals surface area contributed by atoms with E-state index in [4.69, 9.17) is 0 Å². The van der Waals surface area contributed by atoms with Gasteiger partial charge in [0.05, 0.1) is 6.10 Å². The number of halogens is 1. The zero-order chi connectivity index (χ0) is 15.2. The van der Waals surface area contributed by atoms with Gasteiger partial charge in [0.15, 0.2) is 0 Å². The standard InChI is InChI=1S/C16H23FN2O2/c1-2-18(10-13-5-3-6-14(17)9-13)11-15(20)12-19-8-4-7-16(19)21/h3,5-6,9,15,20H,2,4,7-8,10-12H2,1H3. The Bertz CT molecular complexity index is 481. The maximum atomic E-state index is 13.2. The Hall–Kier alpha value is -1.46. The summed E-state index contributed by atoms with van der Waals surface area (Å²) in [6, 6.07) is 6.51. The van der Waals surface area contributed by atoms with Crippen molar-refractivity contribution < 1.29 is 14.3 Å². The molecule has 0 aromatic heterocycles. The van der Waals surface area contributed by atoms with Gasteiger partial charge in [0.2, 0.25) is 5.91 Å². The van der Waals surface area contributed by atoms with Crippen LogP contribution < -0.4 is 0 Å². The third-order valence-electron chi connectivity index (χ3n) is 3.81. The summed E-state index contributed by atoms with van der Waals surface area (Å²) in [6.45, 7) is 4.98. The van der Waals surface area contributed by atoms with Crippen LogP contribution in [0.2, 0.25) is 0 Å². The van der Waals surface area contributed by atoms with Gasteiger partial charge in [-0.3, -0.25) is 9.69 Å². The second-order valence-electron chi connectivity index (χ2n) is 5.55. The third-order valence-corrected chi connectivity index (χ3v) is 3.81. The molecule has 0 radical (unpaired) electrons. The largest absolute Gasteiger partial charge is 0.390 e. The lowest BCUT2D eigenvalue weighted by molar-refractivity contribution is -0.129. The molecule has 0 saturated carbocycles. The van der Waals surface area contributed by atoms with Crippen molar-refractivity contribution >= 4 is 5.91 Å². The number of nitrogens with zero attached hydrogens (tertiary/aromatic N) is 2. The van der Waals surface area contributed by atoms with E-state index in [-0.39, 0.29) is 11.7 Å². The van der Waals surface area contributed by atoms with Crippen LogP contribution in [0.5, 0.6) is 0 Å². The van der Waals surface area contributed by atoms with E-state index >= 15 is 0 Å². The Labute approximate surface area is 125 Å². The van der Waals surface area contributed by atoms with Crippen LogP contribution >= 0.6 is 0 Å². The number of β-amino-alcohol motifs (C(OH)–C–C–N with tert-alkyl or cyclic N) is 1. The number of hydrogen-bond donors (Lipinski definition) is 1. The molecule has 1 saturated heterocycles. The lowest BCUT2D eigenvalue weighted by atomic mass is 10.2. The molecule has 21 heavy (non-hydrogen) atoms. The van der Waals surface area contributed by atoms with Crippen molar-refractivity contribution in [3.05, 3.63) is 35.6 Å². The minimum atomic E-state index is -0.569. The Morgan fingerprint density at radius 2 is 2.29 bits per heavy atom. The average Bonchev–Trinajstić information content (AvgIpc) is 2.83. The third kappa shape index (κ3) is 4.79. The van der Waals surface area contributed by atoms with Crippen molar-refractivity contribution in [3.8, 4) is 0 Å². The predicted octanol–water partition coefficient (Wildman–Crippen LogP) is 1.63. The van der Waals surface area contributed by atoms with Crippen LogP contribution in [0, 0.1) is 5.82 Å². The fourth-order valence-electron chi connectivity index (χ4n) is 2.71. The molecule has 1 fully saturated rings. The molecule has 0 aliphatic carbocycles. The lowest BCUT2D eigenvalue weighted by Gasteiger charge is -2.26. The van der Waals surface area contributed by atoms with Gasteiger partial charge in [-0.1, -0.05) is 19.1 Å². The number of hydrogen-bond acceptors (Lipinski definition) is 3. The van der Waals surface area contributed by atoms with Gasteiger partial charge in [-0.25, -0.2) is 4.39 Å². The highest BCUT2D eigenvalue weighted by molar-refractivity contribution is 5.78. The van der Waals surface area contributed by atoms with Gasteiger partial charge in [-0.2, -0.15) is 0 Å². The Kier molecular flexibility index (Phi) is 5.70. The summed E-state index contributed by atoms with van der Waals surface area (Å²) in [5.41, 5.74) is 0.890. The summed E-state index contributed by atoms with van der Waals surface area (Å²) in [6.07, 6.45) is 0.903. The Morgan fingerprint density at radius 1 is 1.48 bits per heavy atom. The van der Waals surface area contributed by atoms with Gasteiger partial charge >= 0.3 is 0 Å². The second kappa shape index (κ2) is 7.52. The number of carbonyl (C=O) groups excluding carboxylic acids is 1. The number of likely N-dealkylation sites (tertiary alicyclic amines) is 1. The van der Waals surface area contributed by atoms with Gasteiger partial charge in [-0.15, -0.1) is 0 Å². The number of carbonyl (C=O) groups is 1. The van der Waals surface area contributed by atoms with Gasteiger partial charge in [0.1, 0.15) is 5.82 Å². The molecule has 0 bridgehead atoms. The molecule has 4 nitrogen and oxygen atoms in total. The van der Waals surface area contributed by atoms with Gasteiger partial charge in [-0.05, 0) is 30.7 Å². The summed E-state index contributed by atoms with van der Waals surface area (Å²) in [5.74, 6) is -0.117. The van der Waals surface area contributed by atoms with Crippen LogP contribution in [0.1, 0.15) is 25.3 Å². The minimum absolute atomic E-state index is 0.127. The van der Waals surface area contributed by atoms with Crippen LogP contribution in [-0.4, -0.2) is 53.1 Å². The molecule has 1 amide bonds. The van der Waals surface area contributed by atoms with Crippen LogP contribution in [-0.2, 0) is 11.3 Å². The van der Waals surface area contributed by atoms with Crippen molar-refractivity contribution in [2.24, 2.45) is 0 Å². The van der Waals surface area contributed by atoms with Crippen molar-refractivity contribution in [2.75, 3.05) is 26.2 Å².